The molecule has 0 aliphatic carbocycles. The minimum absolute atomic E-state index is 0.661. The van der Waals surface area contributed by atoms with E-state index in [9.17, 15) is 0 Å². The highest BCUT2D eigenvalue weighted by Gasteiger charge is 2.28. The summed E-state index contributed by atoms with van der Waals surface area (Å²) in [6.07, 6.45) is 4.56. The molecule has 2 rings (SSSR count). The van der Waals surface area contributed by atoms with Crippen LogP contribution in [0.15, 0.2) is 18.3 Å². The molecule has 2 heterocycles. The average Bonchev–Trinajstić information content (AvgIpc) is 2.46. The fourth-order valence-corrected chi connectivity index (χ4v) is 3.31. The average molecular weight is 289 g/mol. The Labute approximate surface area is 130 Å². The molecule has 1 aromatic rings. The smallest absolute Gasteiger partial charge is 0.0544 e. The van der Waals surface area contributed by atoms with Crippen LogP contribution in [0.4, 0.5) is 0 Å². The highest BCUT2D eigenvalue weighted by molar-refractivity contribution is 5.14. The normalized spacial score (nSPS) is 27.0. The van der Waals surface area contributed by atoms with Crippen LogP contribution in [0.3, 0.4) is 0 Å². The zero-order valence-corrected chi connectivity index (χ0v) is 14.1. The Morgan fingerprint density at radius 1 is 1.29 bits per heavy atom. The van der Waals surface area contributed by atoms with Crippen LogP contribution in [0.1, 0.15) is 51.8 Å². The summed E-state index contributed by atoms with van der Waals surface area (Å²) in [4.78, 5) is 7.25. The Balaban J connectivity index is 1.90. The number of nitrogens with one attached hydrogen (secondary N) is 1. The molecule has 0 aromatic carbocycles. The molecule has 1 saturated heterocycles. The third-order valence-corrected chi connectivity index (χ3v) is 4.73. The summed E-state index contributed by atoms with van der Waals surface area (Å²) in [5.41, 5.74) is 2.48. The standard InChI is InChI=1S/C18H31N3/c1-5-8-19-10-17-6-7-18(20-11-17)13-21-12-14(2)9-15(3)16(21)4/h6-7,11,14-16,19H,5,8-10,12-13H2,1-4H3. The third-order valence-electron chi connectivity index (χ3n) is 4.73. The summed E-state index contributed by atoms with van der Waals surface area (Å²) in [5, 5.41) is 3.42. The predicted octanol–water partition coefficient (Wildman–Crippen LogP) is 3.45. The van der Waals surface area contributed by atoms with Gasteiger partial charge < -0.3 is 5.32 Å². The van der Waals surface area contributed by atoms with E-state index in [4.69, 9.17) is 0 Å². The minimum atomic E-state index is 0.661. The lowest BCUT2D eigenvalue weighted by Crippen LogP contribution is -2.45. The fourth-order valence-electron chi connectivity index (χ4n) is 3.31. The van der Waals surface area contributed by atoms with Gasteiger partial charge in [0.15, 0.2) is 0 Å². The third kappa shape index (κ3) is 4.79. The number of aromatic nitrogens is 1. The molecule has 3 heteroatoms. The second kappa shape index (κ2) is 7.90. The van der Waals surface area contributed by atoms with Gasteiger partial charge in [0.2, 0.25) is 0 Å². The lowest BCUT2D eigenvalue weighted by atomic mass is 9.86. The van der Waals surface area contributed by atoms with Crippen LogP contribution in [-0.4, -0.2) is 29.0 Å². The van der Waals surface area contributed by atoms with E-state index in [2.05, 4.69) is 55.0 Å². The molecule has 1 N–H and O–H groups in total. The van der Waals surface area contributed by atoms with Crippen molar-refractivity contribution in [1.82, 2.24) is 15.2 Å². The van der Waals surface area contributed by atoms with E-state index in [1.165, 1.54) is 30.6 Å². The van der Waals surface area contributed by atoms with Crippen molar-refractivity contribution < 1.29 is 0 Å². The van der Waals surface area contributed by atoms with Crippen molar-refractivity contribution in [1.29, 1.82) is 0 Å². The first-order valence-electron chi connectivity index (χ1n) is 8.48. The molecule has 0 spiro atoms. The molecule has 1 aromatic heterocycles. The molecule has 3 atom stereocenters. The summed E-state index contributed by atoms with van der Waals surface area (Å²) < 4.78 is 0. The summed E-state index contributed by atoms with van der Waals surface area (Å²) in [6.45, 7) is 13.5. The van der Waals surface area contributed by atoms with Gasteiger partial charge >= 0.3 is 0 Å². The molecule has 0 bridgehead atoms. The summed E-state index contributed by atoms with van der Waals surface area (Å²) in [5.74, 6) is 1.58. The monoisotopic (exact) mass is 289 g/mol. The lowest BCUT2D eigenvalue weighted by Gasteiger charge is -2.40. The second-order valence-electron chi connectivity index (χ2n) is 6.82. The van der Waals surface area contributed by atoms with Crippen LogP contribution in [0.5, 0.6) is 0 Å². The first-order chi connectivity index (χ1) is 10.1. The maximum Gasteiger partial charge on any atom is 0.0544 e. The van der Waals surface area contributed by atoms with Gasteiger partial charge in [-0.2, -0.15) is 0 Å². The molecule has 21 heavy (non-hydrogen) atoms. The van der Waals surface area contributed by atoms with E-state index in [-0.39, 0.29) is 0 Å². The Kier molecular flexibility index (Phi) is 6.19. The predicted molar refractivity (Wildman–Crippen MR) is 89.1 cm³/mol. The molecule has 3 unspecified atom stereocenters. The number of hydrogen-bond donors (Lipinski definition) is 1. The van der Waals surface area contributed by atoms with Gasteiger partial charge in [-0.15, -0.1) is 0 Å². The van der Waals surface area contributed by atoms with Crippen molar-refractivity contribution in [2.24, 2.45) is 11.8 Å². The van der Waals surface area contributed by atoms with E-state index in [0.29, 0.717) is 6.04 Å². The van der Waals surface area contributed by atoms with E-state index >= 15 is 0 Å². The van der Waals surface area contributed by atoms with Crippen molar-refractivity contribution in [3.63, 3.8) is 0 Å². The highest BCUT2D eigenvalue weighted by Crippen LogP contribution is 2.27. The van der Waals surface area contributed by atoms with Gasteiger partial charge in [-0.3, -0.25) is 9.88 Å². The van der Waals surface area contributed by atoms with Crippen LogP contribution < -0.4 is 5.32 Å². The zero-order chi connectivity index (χ0) is 15.2. The number of likely N-dealkylation sites (tertiary alicyclic amines) is 1. The molecule has 0 amide bonds. The van der Waals surface area contributed by atoms with Crippen LogP contribution >= 0.6 is 0 Å². The van der Waals surface area contributed by atoms with Gasteiger partial charge in [-0.05, 0) is 49.8 Å². The Morgan fingerprint density at radius 3 is 2.76 bits per heavy atom. The van der Waals surface area contributed by atoms with Crippen molar-refractivity contribution in [2.75, 3.05) is 13.1 Å². The van der Waals surface area contributed by atoms with Crippen LogP contribution in [-0.2, 0) is 13.1 Å². The maximum absolute atomic E-state index is 4.65. The van der Waals surface area contributed by atoms with Crippen molar-refractivity contribution in [3.05, 3.63) is 29.6 Å². The van der Waals surface area contributed by atoms with E-state index in [1.807, 2.05) is 6.20 Å². The molecule has 0 radical (unpaired) electrons. The summed E-state index contributed by atoms with van der Waals surface area (Å²) in [7, 11) is 0. The SMILES string of the molecule is CCCNCc1ccc(CN2CC(C)CC(C)C2C)nc1. The molecule has 1 fully saturated rings. The first-order valence-corrected chi connectivity index (χ1v) is 8.48. The maximum atomic E-state index is 4.65. The quantitative estimate of drug-likeness (QED) is 0.813. The molecule has 0 saturated carbocycles. The Morgan fingerprint density at radius 2 is 2.10 bits per heavy atom. The van der Waals surface area contributed by atoms with Gasteiger partial charge in [0, 0.05) is 31.9 Å². The van der Waals surface area contributed by atoms with Crippen molar-refractivity contribution in [3.8, 4) is 0 Å². The first kappa shape index (κ1) is 16.4. The Bertz CT molecular complexity index is 415. The van der Waals surface area contributed by atoms with Crippen LogP contribution in [0.25, 0.3) is 0 Å². The fraction of sp³-hybridized carbons (Fsp3) is 0.722. The minimum Gasteiger partial charge on any atom is -0.313 e. The lowest BCUT2D eigenvalue weighted by molar-refractivity contribution is 0.0718. The van der Waals surface area contributed by atoms with Gasteiger partial charge in [-0.1, -0.05) is 26.8 Å². The number of piperidine rings is 1. The van der Waals surface area contributed by atoms with Gasteiger partial charge in [0.25, 0.3) is 0 Å². The molecular weight excluding hydrogens is 258 g/mol. The van der Waals surface area contributed by atoms with Crippen LogP contribution in [0.2, 0.25) is 0 Å². The number of pyridine rings is 1. The largest absolute Gasteiger partial charge is 0.313 e. The van der Waals surface area contributed by atoms with Crippen molar-refractivity contribution in [2.45, 2.75) is 59.7 Å². The Hall–Kier alpha value is -0.930. The molecule has 1 aliphatic heterocycles. The van der Waals surface area contributed by atoms with E-state index in [1.54, 1.807) is 0 Å². The van der Waals surface area contributed by atoms with E-state index < -0.39 is 0 Å². The number of hydrogen-bond acceptors (Lipinski definition) is 3. The topological polar surface area (TPSA) is 28.2 Å². The van der Waals surface area contributed by atoms with Crippen molar-refractivity contribution >= 4 is 0 Å². The van der Waals surface area contributed by atoms with Gasteiger partial charge in [-0.25, -0.2) is 0 Å². The summed E-state index contributed by atoms with van der Waals surface area (Å²) in [6, 6.07) is 5.07. The number of rotatable bonds is 6. The second-order valence-corrected chi connectivity index (χ2v) is 6.82. The summed E-state index contributed by atoms with van der Waals surface area (Å²) >= 11 is 0. The molecular formula is C18H31N3. The zero-order valence-electron chi connectivity index (χ0n) is 14.1. The van der Waals surface area contributed by atoms with E-state index in [0.717, 1.165) is 31.5 Å². The number of nitrogens with zero attached hydrogens (tertiary/aromatic N) is 2. The molecule has 3 nitrogen and oxygen atoms in total. The van der Waals surface area contributed by atoms with Gasteiger partial charge in [0.05, 0.1) is 5.69 Å². The van der Waals surface area contributed by atoms with Gasteiger partial charge in [0.1, 0.15) is 0 Å². The molecule has 1 aliphatic rings. The highest BCUT2D eigenvalue weighted by atomic mass is 15.2. The molecule has 118 valence electrons. The van der Waals surface area contributed by atoms with Crippen LogP contribution in [0, 0.1) is 11.8 Å².